The van der Waals surface area contributed by atoms with E-state index in [2.05, 4.69) is 20.4 Å². The molecule has 0 aliphatic heterocycles. The van der Waals surface area contributed by atoms with Gasteiger partial charge < -0.3 is 10.4 Å². The quantitative estimate of drug-likeness (QED) is 0.719. The minimum absolute atomic E-state index is 0.0509. The molecule has 120 valence electrons. The summed E-state index contributed by atoms with van der Waals surface area (Å²) < 4.78 is 1.74. The standard InChI is InChI=1S/C17H15N5O2/c23-13-7-6-12(8-13)22-16-14(9-20-22)15(18-10-19-16)21-17(24)11-4-2-1-3-5-11/h1-7,9-10,12-13,23H,8H2,(H,18,19,21,24)/t12-,13+/m0/s1/i10+2. The predicted octanol–water partition coefficient (Wildman–Crippen LogP) is 1.94. The van der Waals surface area contributed by atoms with Crippen LogP contribution in [0.25, 0.3) is 11.0 Å². The van der Waals surface area contributed by atoms with Gasteiger partial charge >= 0.3 is 0 Å². The normalized spacial score (nSPS) is 19.7. The Morgan fingerprint density at radius 3 is 2.83 bits per heavy atom. The van der Waals surface area contributed by atoms with Crippen LogP contribution < -0.4 is 5.32 Å². The van der Waals surface area contributed by atoms with Crippen LogP contribution in [0.5, 0.6) is 0 Å². The van der Waals surface area contributed by atoms with Crippen molar-refractivity contribution in [2.24, 2.45) is 0 Å². The molecular formula is C17H15N5O2. The summed E-state index contributed by atoms with van der Waals surface area (Å²) >= 11 is 0. The zero-order valence-electron chi connectivity index (χ0n) is 12.7. The molecule has 2 atom stereocenters. The van der Waals surface area contributed by atoms with Crippen LogP contribution in [0.1, 0.15) is 22.8 Å². The van der Waals surface area contributed by atoms with E-state index in [1.165, 1.54) is 6.33 Å². The van der Waals surface area contributed by atoms with Crippen LogP contribution in [0.15, 0.2) is 55.0 Å². The molecule has 2 aromatic heterocycles. The molecule has 2 heterocycles. The first-order valence-electron chi connectivity index (χ1n) is 7.63. The lowest BCUT2D eigenvalue weighted by Gasteiger charge is -2.10. The first-order chi connectivity index (χ1) is 11.7. The summed E-state index contributed by atoms with van der Waals surface area (Å²) in [7, 11) is 0. The number of rotatable bonds is 3. The third kappa shape index (κ3) is 2.55. The summed E-state index contributed by atoms with van der Waals surface area (Å²) in [4.78, 5) is 20.8. The molecule has 0 unspecified atom stereocenters. The number of nitrogens with zero attached hydrogens (tertiary/aromatic N) is 4. The zero-order chi connectivity index (χ0) is 16.5. The van der Waals surface area contributed by atoms with Crippen LogP contribution in [0.4, 0.5) is 5.82 Å². The molecule has 0 saturated carbocycles. The third-order valence-corrected chi connectivity index (χ3v) is 4.01. The molecule has 0 spiro atoms. The van der Waals surface area contributed by atoms with E-state index in [-0.39, 0.29) is 11.9 Å². The number of aliphatic hydroxyl groups excluding tert-OH is 1. The van der Waals surface area contributed by atoms with Gasteiger partial charge in [-0.15, -0.1) is 0 Å². The second kappa shape index (κ2) is 5.86. The van der Waals surface area contributed by atoms with Crippen molar-refractivity contribution in [3.63, 3.8) is 0 Å². The van der Waals surface area contributed by atoms with E-state index in [9.17, 15) is 9.90 Å². The summed E-state index contributed by atoms with van der Waals surface area (Å²) in [6.45, 7) is 0. The second-order valence-electron chi connectivity index (χ2n) is 5.62. The predicted molar refractivity (Wildman–Crippen MR) is 88.5 cm³/mol. The van der Waals surface area contributed by atoms with Crippen LogP contribution >= 0.6 is 0 Å². The van der Waals surface area contributed by atoms with Crippen LogP contribution in [0.3, 0.4) is 0 Å². The molecule has 0 bridgehead atoms. The SMILES string of the molecule is O=C(Nc1n[14cH]nc2c1cnn2[C@H]1C=C[C@@H](O)C1)c1ccccc1. The van der Waals surface area contributed by atoms with Crippen molar-refractivity contribution in [1.82, 2.24) is 19.7 Å². The van der Waals surface area contributed by atoms with E-state index < -0.39 is 6.10 Å². The zero-order valence-corrected chi connectivity index (χ0v) is 12.7. The van der Waals surface area contributed by atoms with Gasteiger partial charge in [0, 0.05) is 12.0 Å². The van der Waals surface area contributed by atoms with E-state index in [1.807, 2.05) is 12.1 Å². The number of allylic oxidation sites excluding steroid dienone is 1. The van der Waals surface area contributed by atoms with E-state index in [0.29, 0.717) is 28.8 Å². The summed E-state index contributed by atoms with van der Waals surface area (Å²) in [6.07, 6.45) is 6.78. The lowest BCUT2D eigenvalue weighted by Crippen LogP contribution is -2.13. The Morgan fingerprint density at radius 2 is 2.08 bits per heavy atom. The van der Waals surface area contributed by atoms with Crippen molar-refractivity contribution in [1.29, 1.82) is 0 Å². The number of carbonyl (C=O) groups is 1. The minimum atomic E-state index is -0.464. The molecule has 1 amide bonds. The van der Waals surface area contributed by atoms with Crippen LogP contribution in [-0.4, -0.2) is 36.9 Å². The Morgan fingerprint density at radius 1 is 1.25 bits per heavy atom. The molecule has 1 aliphatic rings. The number of hydrogen-bond donors (Lipinski definition) is 2. The molecule has 2 N–H and O–H groups in total. The smallest absolute Gasteiger partial charge is 0.256 e. The molecule has 3 aromatic rings. The van der Waals surface area contributed by atoms with E-state index in [1.54, 1.807) is 41.2 Å². The minimum Gasteiger partial charge on any atom is -0.389 e. The maximum atomic E-state index is 12.3. The fourth-order valence-corrected chi connectivity index (χ4v) is 2.82. The van der Waals surface area contributed by atoms with E-state index in [0.717, 1.165) is 0 Å². The van der Waals surface area contributed by atoms with Gasteiger partial charge in [0.1, 0.15) is 12.1 Å². The van der Waals surface area contributed by atoms with Crippen LogP contribution in [0, 0.1) is 0 Å². The maximum absolute atomic E-state index is 12.3. The Hall–Kier alpha value is -3.06. The van der Waals surface area contributed by atoms with Gasteiger partial charge in [-0.3, -0.25) is 4.79 Å². The highest BCUT2D eigenvalue weighted by Gasteiger charge is 2.22. The Bertz CT molecular complexity index is 919. The highest BCUT2D eigenvalue weighted by atomic mass is 16.3. The average Bonchev–Trinajstić information content (AvgIpc) is 3.22. The number of anilines is 1. The lowest BCUT2D eigenvalue weighted by molar-refractivity contribution is 0.102. The number of carbonyl (C=O) groups excluding carboxylic acids is 1. The van der Waals surface area contributed by atoms with Crippen LogP contribution in [0.2, 0.25) is 0 Å². The number of fused-ring (bicyclic) bond motifs is 1. The molecule has 1 aromatic carbocycles. The fraction of sp³-hybridized carbons (Fsp3) is 0.176. The first-order valence-corrected chi connectivity index (χ1v) is 7.63. The molecule has 0 fully saturated rings. The van der Waals surface area contributed by atoms with Gasteiger partial charge in [-0.25, -0.2) is 14.6 Å². The molecular weight excluding hydrogens is 308 g/mol. The number of aromatic nitrogens is 4. The second-order valence-corrected chi connectivity index (χ2v) is 5.62. The molecule has 7 heteroatoms. The van der Waals surface area contributed by atoms with Crippen molar-refractivity contribution >= 4 is 22.8 Å². The summed E-state index contributed by atoms with van der Waals surface area (Å²) in [5.41, 5.74) is 1.18. The molecule has 0 saturated heterocycles. The number of amides is 1. The van der Waals surface area contributed by atoms with Gasteiger partial charge in [0.05, 0.1) is 23.7 Å². The van der Waals surface area contributed by atoms with Crippen molar-refractivity contribution < 1.29 is 9.90 Å². The van der Waals surface area contributed by atoms with Crippen molar-refractivity contribution in [3.05, 3.63) is 60.6 Å². The number of hydrogen-bond acceptors (Lipinski definition) is 5. The van der Waals surface area contributed by atoms with E-state index in [4.69, 9.17) is 0 Å². The maximum Gasteiger partial charge on any atom is 0.256 e. The van der Waals surface area contributed by atoms with Gasteiger partial charge in [-0.05, 0) is 12.1 Å². The van der Waals surface area contributed by atoms with Gasteiger partial charge in [0.2, 0.25) is 0 Å². The van der Waals surface area contributed by atoms with E-state index >= 15 is 0 Å². The van der Waals surface area contributed by atoms with Crippen LogP contribution in [-0.2, 0) is 0 Å². The third-order valence-electron chi connectivity index (χ3n) is 4.01. The number of benzene rings is 1. The molecule has 1 aliphatic carbocycles. The monoisotopic (exact) mass is 323 g/mol. The van der Waals surface area contributed by atoms with Gasteiger partial charge in [-0.2, -0.15) is 5.10 Å². The summed E-state index contributed by atoms with van der Waals surface area (Å²) in [5.74, 6) is 0.183. The van der Waals surface area contributed by atoms with Crippen molar-refractivity contribution in [2.75, 3.05) is 5.32 Å². The highest BCUT2D eigenvalue weighted by Crippen LogP contribution is 2.27. The Balaban J connectivity index is 1.66. The number of aliphatic hydroxyl groups is 1. The molecule has 4 rings (SSSR count). The molecule has 0 radical (unpaired) electrons. The number of nitrogens with one attached hydrogen (secondary N) is 1. The van der Waals surface area contributed by atoms with Gasteiger partial charge in [0.25, 0.3) is 5.91 Å². The Labute approximate surface area is 137 Å². The summed E-state index contributed by atoms with van der Waals surface area (Å²) in [5, 5.41) is 17.5. The lowest BCUT2D eigenvalue weighted by atomic mass is 10.2. The largest absolute Gasteiger partial charge is 0.389 e. The molecule has 7 nitrogen and oxygen atoms in total. The van der Waals surface area contributed by atoms with Gasteiger partial charge in [-0.1, -0.05) is 30.4 Å². The highest BCUT2D eigenvalue weighted by molar-refractivity contribution is 6.07. The first kappa shape index (κ1) is 14.5. The van der Waals surface area contributed by atoms with Crippen molar-refractivity contribution in [3.8, 4) is 0 Å². The average molecular weight is 323 g/mol. The Kier molecular flexibility index (Phi) is 3.55. The topological polar surface area (TPSA) is 92.9 Å². The fourth-order valence-electron chi connectivity index (χ4n) is 2.82. The summed E-state index contributed by atoms with van der Waals surface area (Å²) in [6, 6.07) is 8.89. The molecule has 24 heavy (non-hydrogen) atoms. The van der Waals surface area contributed by atoms with Gasteiger partial charge in [0.15, 0.2) is 5.65 Å². The van der Waals surface area contributed by atoms with Crippen molar-refractivity contribution in [2.45, 2.75) is 18.6 Å².